The monoisotopic (exact) mass is 271 g/mol. The van der Waals surface area contributed by atoms with Gasteiger partial charge in [-0.1, -0.05) is 11.6 Å². The molecule has 0 aliphatic carbocycles. The van der Waals surface area contributed by atoms with E-state index >= 15 is 0 Å². The Hall–Kier alpha value is -1.73. The molecule has 1 unspecified atom stereocenters. The highest BCUT2D eigenvalue weighted by Gasteiger charge is 2.44. The van der Waals surface area contributed by atoms with Crippen LogP contribution in [0.4, 0.5) is 0 Å². The predicted molar refractivity (Wildman–Crippen MR) is 60.3 cm³/mol. The summed E-state index contributed by atoms with van der Waals surface area (Å²) in [5.41, 5.74) is -1.43. The number of carbonyl (C=O) groups excluding carboxylic acids is 1. The molecule has 0 saturated carbocycles. The number of hydrogen-bond acceptors (Lipinski definition) is 5. The molecule has 1 atom stereocenters. The molecule has 2 heterocycles. The summed E-state index contributed by atoms with van der Waals surface area (Å²) < 4.78 is 5.02. The molecule has 0 spiro atoms. The molecular formula is C10H10ClN3O4. The van der Waals surface area contributed by atoms with Gasteiger partial charge < -0.3 is 15.2 Å². The van der Waals surface area contributed by atoms with E-state index < -0.39 is 17.4 Å². The van der Waals surface area contributed by atoms with E-state index in [2.05, 4.69) is 15.3 Å². The first kappa shape index (κ1) is 12.7. The Kier molecular flexibility index (Phi) is 3.44. The lowest BCUT2D eigenvalue weighted by Crippen LogP contribution is -2.55. The van der Waals surface area contributed by atoms with Crippen molar-refractivity contribution in [3.8, 4) is 0 Å². The van der Waals surface area contributed by atoms with Gasteiger partial charge >= 0.3 is 5.97 Å². The van der Waals surface area contributed by atoms with Crippen LogP contribution in [0.5, 0.6) is 0 Å². The standard InChI is InChI=1S/C10H10ClN3O4/c11-7-4-12-3-6(13-7)8(15)14-10(9(16)17)1-2-18-5-10/h3-4H,1-2,5H2,(H,14,15)(H,16,17). The van der Waals surface area contributed by atoms with Crippen molar-refractivity contribution in [1.82, 2.24) is 15.3 Å². The van der Waals surface area contributed by atoms with E-state index in [1.165, 1.54) is 12.4 Å². The summed E-state index contributed by atoms with van der Waals surface area (Å²) in [4.78, 5) is 30.5. The fourth-order valence-corrected chi connectivity index (χ4v) is 1.77. The number of aromatic nitrogens is 2. The van der Waals surface area contributed by atoms with Gasteiger partial charge in [0.05, 0.1) is 19.0 Å². The minimum Gasteiger partial charge on any atom is -0.479 e. The summed E-state index contributed by atoms with van der Waals surface area (Å²) in [7, 11) is 0. The zero-order valence-electron chi connectivity index (χ0n) is 9.22. The molecule has 18 heavy (non-hydrogen) atoms. The van der Waals surface area contributed by atoms with E-state index in [1.54, 1.807) is 0 Å². The SMILES string of the molecule is O=C(NC1(C(=O)O)CCOC1)c1cncc(Cl)n1. The van der Waals surface area contributed by atoms with Crippen LogP contribution >= 0.6 is 11.6 Å². The number of ether oxygens (including phenoxy) is 1. The van der Waals surface area contributed by atoms with Crippen molar-refractivity contribution >= 4 is 23.5 Å². The second-order valence-electron chi connectivity index (χ2n) is 3.87. The van der Waals surface area contributed by atoms with E-state index in [4.69, 9.17) is 21.4 Å². The predicted octanol–water partition coefficient (Wildman–Crippen LogP) is 0.104. The van der Waals surface area contributed by atoms with Gasteiger partial charge in [0, 0.05) is 13.0 Å². The molecule has 1 aromatic heterocycles. The Labute approximate surface area is 107 Å². The van der Waals surface area contributed by atoms with Crippen LogP contribution in [0.2, 0.25) is 5.15 Å². The van der Waals surface area contributed by atoms with Crippen molar-refractivity contribution in [3.05, 3.63) is 23.2 Å². The maximum Gasteiger partial charge on any atom is 0.331 e. The van der Waals surface area contributed by atoms with Gasteiger partial charge in [0.1, 0.15) is 10.8 Å². The lowest BCUT2D eigenvalue weighted by Gasteiger charge is -2.23. The molecule has 1 aliphatic rings. The van der Waals surface area contributed by atoms with Crippen LogP contribution in [0.15, 0.2) is 12.4 Å². The quantitative estimate of drug-likeness (QED) is 0.809. The van der Waals surface area contributed by atoms with Crippen molar-refractivity contribution in [2.24, 2.45) is 0 Å². The Bertz CT molecular complexity index is 488. The molecule has 0 radical (unpaired) electrons. The number of rotatable bonds is 3. The molecule has 1 aliphatic heterocycles. The van der Waals surface area contributed by atoms with Gasteiger partial charge in [-0.25, -0.2) is 9.78 Å². The summed E-state index contributed by atoms with van der Waals surface area (Å²) in [6.07, 6.45) is 2.71. The molecule has 1 amide bonds. The van der Waals surface area contributed by atoms with Crippen LogP contribution in [-0.2, 0) is 9.53 Å². The van der Waals surface area contributed by atoms with Gasteiger partial charge in [-0.05, 0) is 0 Å². The number of carboxylic acid groups (broad SMARTS) is 1. The number of nitrogens with one attached hydrogen (secondary N) is 1. The molecule has 7 nitrogen and oxygen atoms in total. The average Bonchev–Trinajstić information content (AvgIpc) is 2.79. The largest absolute Gasteiger partial charge is 0.479 e. The molecule has 0 aromatic carbocycles. The smallest absolute Gasteiger partial charge is 0.331 e. The van der Waals surface area contributed by atoms with Crippen LogP contribution in [0.3, 0.4) is 0 Å². The van der Waals surface area contributed by atoms with Gasteiger partial charge in [-0.2, -0.15) is 0 Å². The molecule has 1 fully saturated rings. The minimum absolute atomic E-state index is 0.0324. The number of aliphatic carboxylic acids is 1. The summed E-state index contributed by atoms with van der Waals surface area (Å²) in [5.74, 6) is -1.78. The summed E-state index contributed by atoms with van der Waals surface area (Å²) in [6.45, 7) is 0.218. The third-order valence-corrected chi connectivity index (χ3v) is 2.80. The molecule has 96 valence electrons. The number of carboxylic acids is 1. The average molecular weight is 272 g/mol. The zero-order valence-corrected chi connectivity index (χ0v) is 9.98. The van der Waals surface area contributed by atoms with Crippen LogP contribution in [0, 0.1) is 0 Å². The van der Waals surface area contributed by atoms with E-state index in [9.17, 15) is 9.59 Å². The topological polar surface area (TPSA) is 101 Å². The maximum atomic E-state index is 11.9. The van der Waals surface area contributed by atoms with Crippen molar-refractivity contribution < 1.29 is 19.4 Å². The number of halogens is 1. The number of amides is 1. The molecule has 1 saturated heterocycles. The summed E-state index contributed by atoms with van der Waals surface area (Å²) in [5, 5.41) is 11.6. The number of hydrogen-bond donors (Lipinski definition) is 2. The van der Waals surface area contributed by atoms with Crippen molar-refractivity contribution in [2.75, 3.05) is 13.2 Å². The van der Waals surface area contributed by atoms with E-state index in [0.29, 0.717) is 0 Å². The first-order chi connectivity index (χ1) is 8.53. The normalized spacial score (nSPS) is 22.7. The van der Waals surface area contributed by atoms with Crippen molar-refractivity contribution in [1.29, 1.82) is 0 Å². The Morgan fingerprint density at radius 3 is 2.83 bits per heavy atom. The first-order valence-electron chi connectivity index (χ1n) is 5.15. The Balaban J connectivity index is 2.18. The fourth-order valence-electron chi connectivity index (χ4n) is 1.62. The molecule has 2 N–H and O–H groups in total. The van der Waals surface area contributed by atoms with Crippen LogP contribution in [0.25, 0.3) is 0 Å². The minimum atomic E-state index is -1.40. The molecule has 8 heteroatoms. The van der Waals surface area contributed by atoms with Gasteiger partial charge in [-0.15, -0.1) is 0 Å². The van der Waals surface area contributed by atoms with Gasteiger partial charge in [0.15, 0.2) is 5.54 Å². The van der Waals surface area contributed by atoms with Gasteiger partial charge in [0.2, 0.25) is 0 Å². The first-order valence-corrected chi connectivity index (χ1v) is 5.52. The second kappa shape index (κ2) is 4.87. The van der Waals surface area contributed by atoms with Crippen LogP contribution < -0.4 is 5.32 Å². The highest BCUT2D eigenvalue weighted by atomic mass is 35.5. The van der Waals surface area contributed by atoms with Crippen LogP contribution in [-0.4, -0.2) is 45.7 Å². The van der Waals surface area contributed by atoms with Gasteiger partial charge in [0.25, 0.3) is 5.91 Å². The summed E-state index contributed by atoms with van der Waals surface area (Å²) in [6, 6.07) is 0. The molecule has 1 aromatic rings. The number of carbonyl (C=O) groups is 2. The highest BCUT2D eigenvalue weighted by Crippen LogP contribution is 2.19. The van der Waals surface area contributed by atoms with Crippen molar-refractivity contribution in [3.63, 3.8) is 0 Å². The molecular weight excluding hydrogens is 262 g/mol. The van der Waals surface area contributed by atoms with E-state index in [1.807, 2.05) is 0 Å². The fraction of sp³-hybridized carbons (Fsp3) is 0.400. The highest BCUT2D eigenvalue weighted by molar-refractivity contribution is 6.29. The Morgan fingerprint density at radius 1 is 1.50 bits per heavy atom. The van der Waals surface area contributed by atoms with Crippen LogP contribution in [0.1, 0.15) is 16.9 Å². The second-order valence-corrected chi connectivity index (χ2v) is 4.26. The zero-order chi connectivity index (χ0) is 13.2. The lowest BCUT2D eigenvalue weighted by molar-refractivity contribution is -0.144. The third-order valence-electron chi connectivity index (χ3n) is 2.62. The number of nitrogens with zero attached hydrogens (tertiary/aromatic N) is 2. The molecule has 2 rings (SSSR count). The Morgan fingerprint density at radius 2 is 2.28 bits per heavy atom. The van der Waals surface area contributed by atoms with E-state index in [0.717, 1.165) is 0 Å². The maximum absolute atomic E-state index is 11.9. The van der Waals surface area contributed by atoms with Gasteiger partial charge in [-0.3, -0.25) is 9.78 Å². The lowest BCUT2D eigenvalue weighted by atomic mass is 9.99. The summed E-state index contributed by atoms with van der Waals surface area (Å²) >= 11 is 5.61. The van der Waals surface area contributed by atoms with Crippen molar-refractivity contribution in [2.45, 2.75) is 12.0 Å². The third kappa shape index (κ3) is 2.41. The van der Waals surface area contributed by atoms with E-state index in [-0.39, 0.29) is 30.5 Å². The molecule has 0 bridgehead atoms.